The smallest absolute Gasteiger partial charge is 0.160 e. The highest BCUT2D eigenvalue weighted by molar-refractivity contribution is 6.13. The molecule has 9 aromatic carbocycles. The largest absolute Gasteiger partial charge is 0.309 e. The van der Waals surface area contributed by atoms with Gasteiger partial charge in [-0.1, -0.05) is 182 Å². The Morgan fingerprint density at radius 1 is 0.298 bits per heavy atom. The minimum atomic E-state index is 0.705. The first-order chi connectivity index (χ1) is 28.3. The first-order valence-electron chi connectivity index (χ1n) is 19.4. The molecule has 57 heavy (non-hydrogen) atoms. The number of fused-ring (bicyclic) bond motifs is 5. The van der Waals surface area contributed by atoms with Crippen molar-refractivity contribution in [2.75, 3.05) is 0 Å². The van der Waals surface area contributed by atoms with E-state index >= 15 is 0 Å². The van der Waals surface area contributed by atoms with E-state index in [-0.39, 0.29) is 0 Å². The van der Waals surface area contributed by atoms with E-state index in [0.29, 0.717) is 5.82 Å². The lowest BCUT2D eigenvalue weighted by molar-refractivity contribution is 1.18. The molecule has 11 aromatic rings. The molecule has 2 heterocycles. The van der Waals surface area contributed by atoms with Gasteiger partial charge in [-0.05, 0) is 68.7 Å². The average Bonchev–Trinajstić information content (AvgIpc) is 3.62. The number of aromatic nitrogens is 3. The van der Waals surface area contributed by atoms with Gasteiger partial charge in [0.05, 0.1) is 28.1 Å². The zero-order valence-electron chi connectivity index (χ0n) is 31.0. The molecule has 0 bridgehead atoms. The molecule has 266 valence electrons. The van der Waals surface area contributed by atoms with Crippen LogP contribution in [0.5, 0.6) is 0 Å². The van der Waals surface area contributed by atoms with Crippen LogP contribution in [-0.2, 0) is 0 Å². The summed E-state index contributed by atoms with van der Waals surface area (Å²) in [5, 5.41) is 7.27. The van der Waals surface area contributed by atoms with Gasteiger partial charge in [0.1, 0.15) is 0 Å². The van der Waals surface area contributed by atoms with Gasteiger partial charge < -0.3 is 4.57 Å². The third-order valence-electron chi connectivity index (χ3n) is 11.2. The molecule has 2 aromatic heterocycles. The minimum absolute atomic E-state index is 0.705. The van der Waals surface area contributed by atoms with Crippen molar-refractivity contribution in [1.29, 1.82) is 0 Å². The van der Waals surface area contributed by atoms with Crippen molar-refractivity contribution in [3.8, 4) is 61.8 Å². The van der Waals surface area contributed by atoms with E-state index in [1.807, 2.05) is 24.3 Å². The summed E-state index contributed by atoms with van der Waals surface area (Å²) >= 11 is 0. The molecule has 0 saturated heterocycles. The van der Waals surface area contributed by atoms with E-state index in [0.717, 1.165) is 33.5 Å². The highest BCUT2D eigenvalue weighted by Gasteiger charge is 2.18. The van der Waals surface area contributed by atoms with Crippen LogP contribution in [-0.4, -0.2) is 14.5 Å². The molecular weight excluding hydrogens is 691 g/mol. The molecule has 0 unspecified atom stereocenters. The molecule has 0 atom stereocenters. The highest BCUT2D eigenvalue weighted by atomic mass is 15.0. The number of nitrogens with zero attached hydrogens (tertiary/aromatic N) is 3. The van der Waals surface area contributed by atoms with E-state index in [9.17, 15) is 0 Å². The Labute approximate surface area is 330 Å². The van der Waals surface area contributed by atoms with Gasteiger partial charge in [0.2, 0.25) is 0 Å². The summed E-state index contributed by atoms with van der Waals surface area (Å²) in [6, 6.07) is 75.7. The van der Waals surface area contributed by atoms with Gasteiger partial charge >= 0.3 is 0 Å². The summed E-state index contributed by atoms with van der Waals surface area (Å²) in [7, 11) is 0. The average molecular weight is 726 g/mol. The van der Waals surface area contributed by atoms with Crippen LogP contribution in [0.25, 0.3) is 105 Å². The molecule has 0 aliphatic heterocycles. The van der Waals surface area contributed by atoms with Crippen molar-refractivity contribution in [3.63, 3.8) is 0 Å². The summed E-state index contributed by atoms with van der Waals surface area (Å²) < 4.78 is 2.42. The monoisotopic (exact) mass is 725 g/mol. The zero-order valence-corrected chi connectivity index (χ0v) is 31.0. The molecule has 0 amide bonds. The van der Waals surface area contributed by atoms with Gasteiger partial charge in [0, 0.05) is 32.8 Å². The van der Waals surface area contributed by atoms with E-state index in [1.165, 1.54) is 65.9 Å². The maximum Gasteiger partial charge on any atom is 0.160 e. The maximum absolute atomic E-state index is 5.23. The molecule has 0 spiro atoms. The topological polar surface area (TPSA) is 30.7 Å². The van der Waals surface area contributed by atoms with Crippen LogP contribution in [0.1, 0.15) is 0 Å². The zero-order chi connectivity index (χ0) is 37.7. The molecular formula is C54H35N3. The van der Waals surface area contributed by atoms with Crippen molar-refractivity contribution in [2.24, 2.45) is 0 Å². The normalized spacial score (nSPS) is 11.5. The van der Waals surface area contributed by atoms with Gasteiger partial charge in [0.25, 0.3) is 0 Å². The van der Waals surface area contributed by atoms with Crippen LogP contribution in [0, 0.1) is 0 Å². The van der Waals surface area contributed by atoms with Crippen molar-refractivity contribution in [3.05, 3.63) is 212 Å². The third-order valence-corrected chi connectivity index (χ3v) is 11.2. The molecule has 0 fully saturated rings. The summed E-state index contributed by atoms with van der Waals surface area (Å²) in [6.07, 6.45) is 0. The summed E-state index contributed by atoms with van der Waals surface area (Å²) in [4.78, 5) is 10.4. The lowest BCUT2D eigenvalue weighted by Crippen LogP contribution is -1.97. The van der Waals surface area contributed by atoms with Crippen molar-refractivity contribution in [1.82, 2.24) is 14.5 Å². The minimum Gasteiger partial charge on any atom is -0.309 e. The van der Waals surface area contributed by atoms with Gasteiger partial charge in [-0.25, -0.2) is 9.97 Å². The molecule has 0 radical (unpaired) electrons. The Morgan fingerprint density at radius 3 is 1.63 bits per heavy atom. The number of benzene rings is 9. The fraction of sp³-hybridized carbons (Fsp3) is 0. The number of rotatable bonds is 6. The lowest BCUT2D eigenvalue weighted by Gasteiger charge is -2.14. The predicted octanol–water partition coefficient (Wildman–Crippen LogP) is 14.2. The fourth-order valence-electron chi connectivity index (χ4n) is 8.49. The van der Waals surface area contributed by atoms with E-state index in [4.69, 9.17) is 9.97 Å². The fourth-order valence-corrected chi connectivity index (χ4v) is 8.49. The van der Waals surface area contributed by atoms with Crippen molar-refractivity contribution in [2.45, 2.75) is 0 Å². The Balaban J connectivity index is 1.06. The Morgan fingerprint density at radius 2 is 0.842 bits per heavy atom. The number of hydrogen-bond donors (Lipinski definition) is 0. The molecule has 0 saturated carbocycles. The molecule has 0 N–H and O–H groups in total. The van der Waals surface area contributed by atoms with E-state index in [2.05, 4.69) is 193 Å². The van der Waals surface area contributed by atoms with E-state index in [1.54, 1.807) is 0 Å². The molecule has 0 aliphatic carbocycles. The van der Waals surface area contributed by atoms with E-state index < -0.39 is 0 Å². The van der Waals surface area contributed by atoms with Crippen LogP contribution in [0.15, 0.2) is 212 Å². The Bertz CT molecular complexity index is 3270. The van der Waals surface area contributed by atoms with Crippen LogP contribution in [0.4, 0.5) is 0 Å². The van der Waals surface area contributed by atoms with Crippen LogP contribution in [0.3, 0.4) is 0 Å². The van der Waals surface area contributed by atoms with Gasteiger partial charge in [-0.2, -0.15) is 0 Å². The first-order valence-corrected chi connectivity index (χ1v) is 19.4. The molecule has 0 aliphatic rings. The second kappa shape index (κ2) is 13.6. The number of para-hydroxylation sites is 1. The number of hydrogen-bond acceptors (Lipinski definition) is 2. The van der Waals surface area contributed by atoms with Crippen molar-refractivity contribution < 1.29 is 0 Å². The van der Waals surface area contributed by atoms with Crippen LogP contribution in [0.2, 0.25) is 0 Å². The second-order valence-electron chi connectivity index (χ2n) is 14.6. The third kappa shape index (κ3) is 5.68. The van der Waals surface area contributed by atoms with Gasteiger partial charge in [-0.15, -0.1) is 0 Å². The van der Waals surface area contributed by atoms with Crippen LogP contribution >= 0.6 is 0 Å². The standard InChI is InChI=1S/C54H35N3/c1-3-14-36(15-4-1)37-26-28-39(29-27-37)49-35-50(56-54(55-49)40-17-5-2-6-18-40)46-32-31-42(44-21-9-10-22-45(44)46)41-30-33-53-48(34-41)47-23-11-12-24-52(47)57(53)51-25-13-19-38-16-7-8-20-43(38)51/h1-35H. The molecule has 3 heteroatoms. The summed E-state index contributed by atoms with van der Waals surface area (Å²) in [5.41, 5.74) is 13.2. The maximum atomic E-state index is 5.23. The quantitative estimate of drug-likeness (QED) is 0.171. The summed E-state index contributed by atoms with van der Waals surface area (Å²) in [6.45, 7) is 0. The molecule has 3 nitrogen and oxygen atoms in total. The van der Waals surface area contributed by atoms with Crippen molar-refractivity contribution >= 4 is 43.4 Å². The lowest BCUT2D eigenvalue weighted by atomic mass is 9.92. The van der Waals surface area contributed by atoms with Gasteiger partial charge in [-0.3, -0.25) is 0 Å². The SMILES string of the molecule is c1ccc(-c2ccc(-c3cc(-c4ccc(-c5ccc6c(c5)c5ccccc5n6-c5cccc6ccccc56)c5ccccc45)nc(-c4ccccc4)n3)cc2)cc1. The Hall–Kier alpha value is -7.62. The summed E-state index contributed by atoms with van der Waals surface area (Å²) in [5.74, 6) is 0.705. The van der Waals surface area contributed by atoms with Crippen LogP contribution < -0.4 is 0 Å². The second-order valence-corrected chi connectivity index (χ2v) is 14.6. The Kier molecular flexibility index (Phi) is 7.82. The predicted molar refractivity (Wildman–Crippen MR) is 239 cm³/mol. The molecule has 11 rings (SSSR count). The first kappa shape index (κ1) is 32.8. The van der Waals surface area contributed by atoms with Gasteiger partial charge in [0.15, 0.2) is 5.82 Å². The highest BCUT2D eigenvalue weighted by Crippen LogP contribution is 2.41.